The highest BCUT2D eigenvalue weighted by Crippen LogP contribution is 2.15. The van der Waals surface area contributed by atoms with Gasteiger partial charge in [0.15, 0.2) is 5.82 Å². The highest BCUT2D eigenvalue weighted by atomic mass is 16.6. The van der Waals surface area contributed by atoms with Gasteiger partial charge < -0.3 is 14.7 Å². The molecule has 2 rings (SSSR count). The van der Waals surface area contributed by atoms with E-state index < -0.39 is 16.7 Å². The molecule has 0 atom stereocenters. The molecule has 0 bridgehead atoms. The van der Waals surface area contributed by atoms with Gasteiger partial charge in [-0.25, -0.2) is 0 Å². The van der Waals surface area contributed by atoms with Crippen LogP contribution in [0.15, 0.2) is 41.1 Å². The van der Waals surface area contributed by atoms with Crippen LogP contribution in [0.5, 0.6) is 0 Å². The summed E-state index contributed by atoms with van der Waals surface area (Å²) in [5.74, 6) is -0.597. The fraction of sp³-hybridized carbons (Fsp3) is 0.353. The fourth-order valence-corrected chi connectivity index (χ4v) is 2.37. The Morgan fingerprint density at radius 2 is 2.12 bits per heavy atom. The van der Waals surface area contributed by atoms with Gasteiger partial charge in [0.05, 0.1) is 4.92 Å². The number of nitrogens with one attached hydrogen (secondary N) is 1. The van der Waals surface area contributed by atoms with E-state index in [1.54, 1.807) is 0 Å². The minimum atomic E-state index is -0.560. The van der Waals surface area contributed by atoms with E-state index in [2.05, 4.69) is 15.0 Å². The number of aromatic nitrogens is 1. The summed E-state index contributed by atoms with van der Waals surface area (Å²) in [7, 11) is 0. The molecule has 1 aromatic heterocycles. The molecule has 0 radical (unpaired) electrons. The van der Waals surface area contributed by atoms with E-state index in [-0.39, 0.29) is 23.6 Å². The Hall–Kier alpha value is -3.23. The number of nitro benzene ring substituents is 1. The molecule has 1 aromatic carbocycles. The molecule has 0 aliphatic heterocycles. The number of anilines is 1. The first kappa shape index (κ1) is 19.1. The predicted octanol–water partition coefficient (Wildman–Crippen LogP) is 2.85. The number of hydrogen-bond acceptors (Lipinski definition) is 6. The van der Waals surface area contributed by atoms with Gasteiger partial charge in [0.25, 0.3) is 11.6 Å². The number of unbranched alkanes of at least 4 members (excludes halogenated alkanes) is 2. The van der Waals surface area contributed by atoms with Crippen molar-refractivity contribution in [2.24, 2.45) is 0 Å². The van der Waals surface area contributed by atoms with Gasteiger partial charge in [0.2, 0.25) is 5.91 Å². The number of nitro groups is 1. The van der Waals surface area contributed by atoms with Crippen LogP contribution in [0.4, 0.5) is 11.5 Å². The number of hydrogen-bond donors (Lipinski definition) is 1. The van der Waals surface area contributed by atoms with Crippen LogP contribution in [0.3, 0.4) is 0 Å². The summed E-state index contributed by atoms with van der Waals surface area (Å²) in [6.07, 6.45) is 3.92. The standard InChI is InChI=1S/C17H20N4O5/c1-2-3-4-9-20(12-16(22)18-15-8-10-26-19-15)17(23)13-6-5-7-14(11-13)21(24)25/h5-8,10-11H,2-4,9,12H2,1H3,(H,18,19,22). The van der Waals surface area contributed by atoms with Crippen molar-refractivity contribution in [3.63, 3.8) is 0 Å². The number of carbonyl (C=O) groups excluding carboxylic acids is 2. The van der Waals surface area contributed by atoms with E-state index >= 15 is 0 Å². The molecule has 26 heavy (non-hydrogen) atoms. The summed E-state index contributed by atoms with van der Waals surface area (Å²) >= 11 is 0. The van der Waals surface area contributed by atoms with Crippen LogP contribution in [0.1, 0.15) is 36.5 Å². The monoisotopic (exact) mass is 360 g/mol. The third-order valence-corrected chi connectivity index (χ3v) is 3.66. The quantitative estimate of drug-likeness (QED) is 0.417. The molecule has 0 aliphatic carbocycles. The maximum Gasteiger partial charge on any atom is 0.270 e. The average Bonchev–Trinajstić information content (AvgIpc) is 3.13. The van der Waals surface area contributed by atoms with Crippen molar-refractivity contribution in [2.45, 2.75) is 26.2 Å². The lowest BCUT2D eigenvalue weighted by atomic mass is 10.1. The Balaban J connectivity index is 2.11. The van der Waals surface area contributed by atoms with Crippen LogP contribution in [0.25, 0.3) is 0 Å². The maximum atomic E-state index is 12.7. The molecule has 1 heterocycles. The van der Waals surface area contributed by atoms with Crippen molar-refractivity contribution in [3.05, 3.63) is 52.3 Å². The molecular weight excluding hydrogens is 340 g/mol. The van der Waals surface area contributed by atoms with Crippen molar-refractivity contribution < 1.29 is 19.0 Å². The lowest BCUT2D eigenvalue weighted by Crippen LogP contribution is -2.38. The molecule has 1 N–H and O–H groups in total. The van der Waals surface area contributed by atoms with E-state index in [1.165, 1.54) is 41.5 Å². The second-order valence-corrected chi connectivity index (χ2v) is 5.67. The zero-order valence-corrected chi connectivity index (χ0v) is 14.4. The normalized spacial score (nSPS) is 10.3. The van der Waals surface area contributed by atoms with Crippen molar-refractivity contribution in [1.82, 2.24) is 10.1 Å². The lowest BCUT2D eigenvalue weighted by molar-refractivity contribution is -0.384. The van der Waals surface area contributed by atoms with Crippen molar-refractivity contribution in [3.8, 4) is 0 Å². The topological polar surface area (TPSA) is 119 Å². The van der Waals surface area contributed by atoms with Gasteiger partial charge >= 0.3 is 0 Å². The SMILES string of the molecule is CCCCCN(CC(=O)Nc1ccon1)C(=O)c1cccc([N+](=O)[O-])c1. The summed E-state index contributed by atoms with van der Waals surface area (Å²) in [5, 5.41) is 17.0. The second kappa shape index (κ2) is 9.30. The van der Waals surface area contributed by atoms with Gasteiger partial charge in [-0.2, -0.15) is 0 Å². The van der Waals surface area contributed by atoms with Crippen LogP contribution >= 0.6 is 0 Å². The van der Waals surface area contributed by atoms with Crippen molar-refractivity contribution >= 4 is 23.3 Å². The van der Waals surface area contributed by atoms with Crippen molar-refractivity contribution in [1.29, 1.82) is 0 Å². The van der Waals surface area contributed by atoms with Crippen LogP contribution in [0, 0.1) is 10.1 Å². The maximum absolute atomic E-state index is 12.7. The number of amides is 2. The summed E-state index contributed by atoms with van der Waals surface area (Å²) in [6, 6.07) is 6.96. The molecule has 0 unspecified atom stereocenters. The largest absolute Gasteiger partial charge is 0.363 e. The molecule has 0 aliphatic rings. The van der Waals surface area contributed by atoms with Crippen LogP contribution in [-0.4, -0.2) is 39.9 Å². The zero-order chi connectivity index (χ0) is 18.9. The molecule has 0 saturated heterocycles. The first-order valence-electron chi connectivity index (χ1n) is 8.25. The summed E-state index contributed by atoms with van der Waals surface area (Å²) in [4.78, 5) is 36.6. The summed E-state index contributed by atoms with van der Waals surface area (Å²) < 4.78 is 4.64. The fourth-order valence-electron chi connectivity index (χ4n) is 2.37. The Bertz CT molecular complexity index is 760. The number of benzene rings is 1. The highest BCUT2D eigenvalue weighted by molar-refractivity contribution is 5.99. The third-order valence-electron chi connectivity index (χ3n) is 3.66. The van der Waals surface area contributed by atoms with E-state index in [1.807, 2.05) is 6.92 Å². The zero-order valence-electron chi connectivity index (χ0n) is 14.4. The lowest BCUT2D eigenvalue weighted by Gasteiger charge is -2.22. The molecule has 9 nitrogen and oxygen atoms in total. The number of non-ortho nitro benzene ring substituents is 1. The van der Waals surface area contributed by atoms with Gasteiger partial charge in [-0.1, -0.05) is 31.0 Å². The Labute approximate surface area is 150 Å². The van der Waals surface area contributed by atoms with Gasteiger partial charge in [-0.05, 0) is 12.5 Å². The Morgan fingerprint density at radius 3 is 2.77 bits per heavy atom. The second-order valence-electron chi connectivity index (χ2n) is 5.67. The molecule has 0 fully saturated rings. The smallest absolute Gasteiger partial charge is 0.270 e. The predicted molar refractivity (Wildman–Crippen MR) is 93.7 cm³/mol. The van der Waals surface area contributed by atoms with E-state index in [0.29, 0.717) is 6.54 Å². The summed E-state index contributed by atoms with van der Waals surface area (Å²) in [6.45, 7) is 2.23. The van der Waals surface area contributed by atoms with E-state index in [9.17, 15) is 19.7 Å². The number of carbonyl (C=O) groups is 2. The van der Waals surface area contributed by atoms with Crippen molar-refractivity contribution in [2.75, 3.05) is 18.4 Å². The molecule has 0 spiro atoms. The Morgan fingerprint density at radius 1 is 1.31 bits per heavy atom. The van der Waals surface area contributed by atoms with Gasteiger partial charge in [0, 0.05) is 30.3 Å². The molecule has 2 aromatic rings. The average molecular weight is 360 g/mol. The number of nitrogens with zero attached hydrogens (tertiary/aromatic N) is 3. The molecular formula is C17H20N4O5. The molecule has 9 heteroatoms. The highest BCUT2D eigenvalue weighted by Gasteiger charge is 2.21. The minimum absolute atomic E-state index is 0.170. The van der Waals surface area contributed by atoms with Crippen LogP contribution in [0.2, 0.25) is 0 Å². The molecule has 2 amide bonds. The molecule has 138 valence electrons. The van der Waals surface area contributed by atoms with Gasteiger partial charge in [-0.3, -0.25) is 19.7 Å². The Kier molecular flexibility index (Phi) is 6.84. The van der Waals surface area contributed by atoms with E-state index in [4.69, 9.17) is 0 Å². The van der Waals surface area contributed by atoms with Gasteiger partial charge in [0.1, 0.15) is 12.8 Å². The third kappa shape index (κ3) is 5.40. The van der Waals surface area contributed by atoms with E-state index in [0.717, 1.165) is 19.3 Å². The minimum Gasteiger partial charge on any atom is -0.363 e. The van der Waals surface area contributed by atoms with Crippen LogP contribution in [-0.2, 0) is 4.79 Å². The van der Waals surface area contributed by atoms with Crippen LogP contribution < -0.4 is 5.32 Å². The first-order valence-corrected chi connectivity index (χ1v) is 8.25. The molecule has 0 saturated carbocycles. The summed E-state index contributed by atoms with van der Waals surface area (Å²) in [5.41, 5.74) is 0.00124. The van der Waals surface area contributed by atoms with Gasteiger partial charge in [-0.15, -0.1) is 0 Å². The number of rotatable bonds is 9. The first-order chi connectivity index (χ1) is 12.5.